The van der Waals surface area contributed by atoms with E-state index in [1.54, 1.807) is 49.1 Å². The van der Waals surface area contributed by atoms with Crippen LogP contribution in [0.5, 0.6) is 17.2 Å². The molecule has 0 fully saturated rings. The lowest BCUT2D eigenvalue weighted by atomic mass is 10.0. The fraction of sp³-hybridized carbons (Fsp3) is 0.154. The number of hydrogen-bond acceptors (Lipinski definition) is 7. The molecular weight excluding hydrogens is 651 g/mol. The summed E-state index contributed by atoms with van der Waals surface area (Å²) in [6.07, 6.45) is 8.30. The zero-order valence-electron chi connectivity index (χ0n) is 28.1. The molecule has 4 heterocycles. The molecule has 7 rings (SSSR count). The Labute approximate surface area is 291 Å². The predicted molar refractivity (Wildman–Crippen MR) is 189 cm³/mol. The van der Waals surface area contributed by atoms with Crippen molar-refractivity contribution < 1.29 is 18.7 Å². The Bertz CT molecular complexity index is 2500. The number of Topliss-reactive ketones (excluding diaryl/α,β-unsaturated/α-hetero) is 1. The average molecular weight is 685 g/mol. The molecule has 0 amide bonds. The van der Waals surface area contributed by atoms with Crippen LogP contribution in [-0.4, -0.2) is 34.1 Å². The fourth-order valence-electron chi connectivity index (χ4n) is 5.73. The van der Waals surface area contributed by atoms with Gasteiger partial charge in [0.05, 0.1) is 23.9 Å². The van der Waals surface area contributed by atoms with Crippen LogP contribution in [0.2, 0.25) is 0 Å². The number of pyridine rings is 1. The SMILES string of the molecule is CC(C)n1cc(C(=O)Cc2ccc(Oc3cc(-c4cn(C)cn4)cn4nccc34)c(OCc3ccccc3)c2)c(=O)n(-c2ccc(F)cc2)c1=O. The normalized spacial score (nSPS) is 11.3. The summed E-state index contributed by atoms with van der Waals surface area (Å²) in [6, 6.07) is 23.1. The Morgan fingerprint density at radius 2 is 1.65 bits per heavy atom. The number of aromatic nitrogens is 6. The molecule has 7 aromatic rings. The van der Waals surface area contributed by atoms with E-state index in [0.717, 1.165) is 39.0 Å². The second-order valence-electron chi connectivity index (χ2n) is 12.4. The molecule has 4 aromatic heterocycles. The Kier molecular flexibility index (Phi) is 8.89. The molecule has 11 nitrogen and oxygen atoms in total. The summed E-state index contributed by atoms with van der Waals surface area (Å²) in [6.45, 7) is 3.77. The highest BCUT2D eigenvalue weighted by Gasteiger charge is 2.21. The first-order valence-electron chi connectivity index (χ1n) is 16.2. The molecule has 0 atom stereocenters. The molecule has 0 aliphatic heterocycles. The maximum atomic E-state index is 13.8. The van der Waals surface area contributed by atoms with Crippen LogP contribution in [-0.2, 0) is 20.1 Å². The number of ether oxygens (including phenoxy) is 2. The van der Waals surface area contributed by atoms with E-state index < -0.39 is 22.8 Å². The van der Waals surface area contributed by atoms with Crippen LogP contribution in [0, 0.1) is 5.82 Å². The van der Waals surface area contributed by atoms with Gasteiger partial charge in [-0.2, -0.15) is 5.10 Å². The molecule has 0 N–H and O–H groups in total. The molecule has 0 aliphatic rings. The fourth-order valence-corrected chi connectivity index (χ4v) is 5.73. The molecule has 0 aliphatic carbocycles. The van der Waals surface area contributed by atoms with Crippen LogP contribution in [0.3, 0.4) is 0 Å². The second-order valence-corrected chi connectivity index (χ2v) is 12.4. The van der Waals surface area contributed by atoms with Crippen LogP contribution >= 0.6 is 0 Å². The Hall–Kier alpha value is -6.56. The van der Waals surface area contributed by atoms with Crippen LogP contribution in [0.25, 0.3) is 22.5 Å². The van der Waals surface area contributed by atoms with Crippen molar-refractivity contribution in [3.8, 4) is 34.2 Å². The quantitative estimate of drug-likeness (QED) is 0.142. The molecule has 12 heteroatoms. The average Bonchev–Trinajstić information content (AvgIpc) is 3.78. The van der Waals surface area contributed by atoms with Gasteiger partial charge in [0.1, 0.15) is 23.5 Å². The molecule has 0 radical (unpaired) electrons. The highest BCUT2D eigenvalue weighted by Crippen LogP contribution is 2.37. The zero-order valence-corrected chi connectivity index (χ0v) is 28.1. The minimum atomic E-state index is -0.786. The van der Waals surface area contributed by atoms with E-state index in [0.29, 0.717) is 22.8 Å². The van der Waals surface area contributed by atoms with Gasteiger partial charge in [0.2, 0.25) is 0 Å². The predicted octanol–water partition coefficient (Wildman–Crippen LogP) is 6.56. The lowest BCUT2D eigenvalue weighted by Gasteiger charge is -2.16. The van der Waals surface area contributed by atoms with Crippen molar-refractivity contribution in [3.63, 3.8) is 0 Å². The molecule has 0 unspecified atom stereocenters. The molecule has 3 aromatic carbocycles. The summed E-state index contributed by atoms with van der Waals surface area (Å²) in [5.74, 6) is 0.270. The number of aryl methyl sites for hydroxylation is 1. The lowest BCUT2D eigenvalue weighted by Crippen LogP contribution is -2.42. The van der Waals surface area contributed by atoms with E-state index in [-0.39, 0.29) is 30.3 Å². The molecular formula is C39H33FN6O5. The maximum Gasteiger partial charge on any atom is 0.335 e. The number of rotatable bonds is 11. The van der Waals surface area contributed by atoms with E-state index in [9.17, 15) is 18.8 Å². The first-order valence-corrected chi connectivity index (χ1v) is 16.2. The van der Waals surface area contributed by atoms with E-state index in [2.05, 4.69) is 10.1 Å². The number of carbonyl (C=O) groups is 1. The van der Waals surface area contributed by atoms with Crippen molar-refractivity contribution >= 4 is 11.3 Å². The second kappa shape index (κ2) is 13.7. The third-order valence-corrected chi connectivity index (χ3v) is 8.36. The third-order valence-electron chi connectivity index (χ3n) is 8.36. The summed E-state index contributed by atoms with van der Waals surface area (Å²) in [4.78, 5) is 45.3. The van der Waals surface area contributed by atoms with Gasteiger partial charge in [-0.15, -0.1) is 0 Å². The van der Waals surface area contributed by atoms with Gasteiger partial charge in [0.25, 0.3) is 5.56 Å². The number of ketones is 1. The summed E-state index contributed by atoms with van der Waals surface area (Å²) in [7, 11) is 1.89. The maximum absolute atomic E-state index is 13.8. The molecule has 0 saturated heterocycles. The van der Waals surface area contributed by atoms with E-state index in [1.165, 1.54) is 22.9 Å². The Morgan fingerprint density at radius 3 is 2.37 bits per heavy atom. The minimum Gasteiger partial charge on any atom is -0.485 e. The number of hydrogen-bond donors (Lipinski definition) is 0. The number of benzene rings is 3. The third kappa shape index (κ3) is 6.84. The highest BCUT2D eigenvalue weighted by molar-refractivity contribution is 5.97. The van der Waals surface area contributed by atoms with Crippen molar-refractivity contribution in [2.75, 3.05) is 0 Å². The van der Waals surface area contributed by atoms with Crippen LogP contribution in [0.15, 0.2) is 126 Å². The van der Waals surface area contributed by atoms with Gasteiger partial charge in [0, 0.05) is 43.7 Å². The monoisotopic (exact) mass is 684 g/mol. The Morgan fingerprint density at radius 1 is 0.863 bits per heavy atom. The van der Waals surface area contributed by atoms with Gasteiger partial charge in [-0.1, -0.05) is 36.4 Å². The number of nitrogens with zero attached hydrogens (tertiary/aromatic N) is 6. The number of imidazole rings is 1. The molecule has 0 spiro atoms. The van der Waals surface area contributed by atoms with Gasteiger partial charge >= 0.3 is 5.69 Å². The van der Waals surface area contributed by atoms with Crippen molar-refractivity contribution in [1.29, 1.82) is 0 Å². The van der Waals surface area contributed by atoms with Crippen LogP contribution in [0.4, 0.5) is 4.39 Å². The molecule has 256 valence electrons. The smallest absolute Gasteiger partial charge is 0.335 e. The van der Waals surface area contributed by atoms with Gasteiger partial charge < -0.3 is 14.0 Å². The summed E-state index contributed by atoms with van der Waals surface area (Å²) in [5, 5.41) is 4.41. The largest absolute Gasteiger partial charge is 0.485 e. The highest BCUT2D eigenvalue weighted by atomic mass is 19.1. The minimum absolute atomic E-state index is 0.160. The first-order chi connectivity index (χ1) is 24.6. The standard InChI is InChI=1S/C39H33FN6O5/c1-25(2)44-21-31(38(48)46(39(44)49)30-12-10-29(40)11-13-30)34(47)17-27-9-14-35(37(18-27)50-23-26-7-5-4-6-8-26)51-36-19-28(32-22-43(3)24-41-32)20-45-33(36)15-16-42-45/h4-16,18-22,24-25H,17,23H2,1-3H3. The summed E-state index contributed by atoms with van der Waals surface area (Å²) >= 11 is 0. The van der Waals surface area contributed by atoms with E-state index in [1.807, 2.05) is 66.5 Å². The van der Waals surface area contributed by atoms with E-state index >= 15 is 0 Å². The summed E-state index contributed by atoms with van der Waals surface area (Å²) < 4.78 is 32.3. The van der Waals surface area contributed by atoms with Gasteiger partial charge in [-0.25, -0.2) is 23.3 Å². The van der Waals surface area contributed by atoms with Crippen LogP contribution in [0.1, 0.15) is 41.4 Å². The van der Waals surface area contributed by atoms with Crippen molar-refractivity contribution in [2.24, 2.45) is 7.05 Å². The summed E-state index contributed by atoms with van der Waals surface area (Å²) in [5.41, 5.74) is 2.33. The number of halogens is 1. The number of fused-ring (bicyclic) bond motifs is 1. The van der Waals surface area contributed by atoms with Gasteiger partial charge in [0.15, 0.2) is 23.0 Å². The van der Waals surface area contributed by atoms with Gasteiger partial charge in [-0.3, -0.25) is 14.2 Å². The number of carbonyl (C=O) groups excluding carboxylic acids is 1. The van der Waals surface area contributed by atoms with E-state index in [4.69, 9.17) is 9.47 Å². The topological polar surface area (TPSA) is 115 Å². The Balaban J connectivity index is 1.25. The van der Waals surface area contributed by atoms with Gasteiger partial charge in [-0.05, 0) is 73.5 Å². The first kappa shape index (κ1) is 33.0. The molecule has 51 heavy (non-hydrogen) atoms. The van der Waals surface area contributed by atoms with Crippen molar-refractivity contribution in [2.45, 2.75) is 32.9 Å². The van der Waals surface area contributed by atoms with Crippen LogP contribution < -0.4 is 20.7 Å². The van der Waals surface area contributed by atoms with Crippen molar-refractivity contribution in [1.82, 2.24) is 28.3 Å². The molecule has 0 saturated carbocycles. The lowest BCUT2D eigenvalue weighted by molar-refractivity contribution is 0.0990. The zero-order chi connectivity index (χ0) is 35.6. The molecule has 0 bridgehead atoms. The van der Waals surface area contributed by atoms with Crippen molar-refractivity contribution in [3.05, 3.63) is 159 Å².